The molecule has 0 amide bonds. The number of rotatable bonds is 4. The zero-order valence-electron chi connectivity index (χ0n) is 10.9. The summed E-state index contributed by atoms with van der Waals surface area (Å²) in [5, 5.41) is 0.683. The van der Waals surface area contributed by atoms with E-state index in [1.165, 1.54) is 0 Å². The molecule has 2 aromatic rings. The number of aldehydes is 1. The fraction of sp³-hybridized carbons (Fsp3) is 0.188. The van der Waals surface area contributed by atoms with Crippen LogP contribution in [0, 0.1) is 13.8 Å². The summed E-state index contributed by atoms with van der Waals surface area (Å²) in [6.45, 7) is 4.35. The second kappa shape index (κ2) is 5.89. The zero-order chi connectivity index (χ0) is 13.8. The van der Waals surface area contributed by atoms with E-state index in [0.29, 0.717) is 11.6 Å². The lowest BCUT2D eigenvalue weighted by molar-refractivity contribution is 0.112. The molecule has 0 N–H and O–H groups in total. The topological polar surface area (TPSA) is 26.3 Å². The molecule has 0 saturated heterocycles. The molecule has 0 atom stereocenters. The molecule has 0 aliphatic heterocycles. The van der Waals surface area contributed by atoms with Crippen LogP contribution in [0.5, 0.6) is 5.75 Å². The van der Waals surface area contributed by atoms with Gasteiger partial charge in [0.25, 0.3) is 0 Å². The predicted octanol–water partition coefficient (Wildman–Crippen LogP) is 4.35. The van der Waals surface area contributed by atoms with E-state index >= 15 is 0 Å². The largest absolute Gasteiger partial charge is 0.489 e. The quantitative estimate of drug-likeness (QED) is 0.775. The van der Waals surface area contributed by atoms with Gasteiger partial charge in [-0.1, -0.05) is 23.2 Å². The lowest BCUT2D eigenvalue weighted by Gasteiger charge is -2.11. The smallest absolute Gasteiger partial charge is 0.150 e. The molecule has 3 heteroatoms. The molecule has 0 unspecified atom stereocenters. The van der Waals surface area contributed by atoms with Gasteiger partial charge in [0.1, 0.15) is 18.6 Å². The van der Waals surface area contributed by atoms with Gasteiger partial charge in [-0.15, -0.1) is 0 Å². The highest BCUT2D eigenvalue weighted by molar-refractivity contribution is 6.30. The van der Waals surface area contributed by atoms with Crippen molar-refractivity contribution in [2.24, 2.45) is 0 Å². The van der Waals surface area contributed by atoms with Crippen molar-refractivity contribution in [3.8, 4) is 5.75 Å². The van der Waals surface area contributed by atoms with Crippen LogP contribution in [-0.2, 0) is 6.61 Å². The van der Waals surface area contributed by atoms with Crippen LogP contribution in [0.1, 0.15) is 27.0 Å². The summed E-state index contributed by atoms with van der Waals surface area (Å²) in [5.74, 6) is 0.762. The number of carbonyl (C=O) groups excluding carboxylic acids is 1. The van der Waals surface area contributed by atoms with Gasteiger partial charge in [0.15, 0.2) is 0 Å². The van der Waals surface area contributed by atoms with Crippen molar-refractivity contribution < 1.29 is 9.53 Å². The van der Waals surface area contributed by atoms with E-state index in [9.17, 15) is 4.79 Å². The molecule has 98 valence electrons. The predicted molar refractivity (Wildman–Crippen MR) is 77.1 cm³/mol. The van der Waals surface area contributed by atoms with Gasteiger partial charge in [-0.05, 0) is 55.3 Å². The normalized spacial score (nSPS) is 10.3. The molecule has 0 spiro atoms. The summed E-state index contributed by atoms with van der Waals surface area (Å²) in [7, 11) is 0. The van der Waals surface area contributed by atoms with Crippen LogP contribution in [0.4, 0.5) is 0 Å². The Balaban J connectivity index is 2.17. The molecule has 2 nitrogen and oxygen atoms in total. The van der Waals surface area contributed by atoms with E-state index in [4.69, 9.17) is 16.3 Å². The van der Waals surface area contributed by atoms with E-state index in [1.807, 2.05) is 38.1 Å². The molecule has 0 saturated carbocycles. The monoisotopic (exact) mass is 274 g/mol. The summed E-state index contributed by atoms with van der Waals surface area (Å²) in [6, 6.07) is 11.2. The van der Waals surface area contributed by atoms with Gasteiger partial charge in [-0.25, -0.2) is 0 Å². The minimum atomic E-state index is 0.440. The Morgan fingerprint density at radius 1 is 1.16 bits per heavy atom. The van der Waals surface area contributed by atoms with Crippen LogP contribution < -0.4 is 4.74 Å². The maximum Gasteiger partial charge on any atom is 0.150 e. The minimum absolute atomic E-state index is 0.440. The highest BCUT2D eigenvalue weighted by Gasteiger charge is 2.06. The summed E-state index contributed by atoms with van der Waals surface area (Å²) in [6.07, 6.45) is 0.883. The zero-order valence-corrected chi connectivity index (χ0v) is 11.7. The van der Waals surface area contributed by atoms with Crippen molar-refractivity contribution >= 4 is 17.9 Å². The first-order valence-corrected chi connectivity index (χ1v) is 6.41. The Morgan fingerprint density at radius 3 is 2.47 bits per heavy atom. The molecule has 0 aliphatic rings. The maximum absolute atomic E-state index is 11.0. The molecule has 2 rings (SSSR count). The molecule has 0 bridgehead atoms. The van der Waals surface area contributed by atoms with Crippen molar-refractivity contribution in [3.05, 3.63) is 63.7 Å². The van der Waals surface area contributed by atoms with E-state index in [-0.39, 0.29) is 0 Å². The summed E-state index contributed by atoms with van der Waals surface area (Å²) < 4.78 is 5.71. The Hall–Kier alpha value is -1.80. The van der Waals surface area contributed by atoms with Gasteiger partial charge in [0.05, 0.1) is 0 Å². The van der Waals surface area contributed by atoms with Gasteiger partial charge < -0.3 is 4.74 Å². The fourth-order valence-electron chi connectivity index (χ4n) is 1.93. The SMILES string of the molecule is Cc1cc(C=O)c(C)c(COc2ccc(Cl)cc2)c1. The minimum Gasteiger partial charge on any atom is -0.489 e. The number of carbonyl (C=O) groups is 1. The van der Waals surface area contributed by atoms with Gasteiger partial charge >= 0.3 is 0 Å². The van der Waals surface area contributed by atoms with Gasteiger partial charge in [0.2, 0.25) is 0 Å². The van der Waals surface area contributed by atoms with E-state index in [1.54, 1.807) is 12.1 Å². The Bertz CT molecular complexity index is 588. The van der Waals surface area contributed by atoms with E-state index in [2.05, 4.69) is 0 Å². The second-order valence-corrected chi connectivity index (χ2v) is 4.94. The first kappa shape index (κ1) is 13.6. The third kappa shape index (κ3) is 3.36. The van der Waals surface area contributed by atoms with Crippen molar-refractivity contribution in [3.63, 3.8) is 0 Å². The molecule has 0 radical (unpaired) electrons. The van der Waals surface area contributed by atoms with Crippen LogP contribution in [0.3, 0.4) is 0 Å². The third-order valence-electron chi connectivity index (χ3n) is 3.03. The maximum atomic E-state index is 11.0. The summed E-state index contributed by atoms with van der Waals surface area (Å²) >= 11 is 5.82. The first-order valence-electron chi connectivity index (χ1n) is 6.04. The average molecular weight is 275 g/mol. The van der Waals surface area contributed by atoms with Crippen LogP contribution in [0.25, 0.3) is 0 Å². The van der Waals surface area contributed by atoms with Crippen LogP contribution >= 0.6 is 11.6 Å². The Morgan fingerprint density at radius 2 is 1.84 bits per heavy atom. The molecule has 0 aliphatic carbocycles. The molecule has 19 heavy (non-hydrogen) atoms. The van der Waals surface area contributed by atoms with Gasteiger partial charge in [-0.3, -0.25) is 4.79 Å². The Labute approximate surface area is 118 Å². The number of hydrogen-bond donors (Lipinski definition) is 0. The number of hydrogen-bond acceptors (Lipinski definition) is 2. The standard InChI is InChI=1S/C16H15ClO2/c1-11-7-13(9-18)12(2)14(8-11)10-19-16-5-3-15(17)4-6-16/h3-9H,10H2,1-2H3. The molecule has 2 aromatic carbocycles. The third-order valence-corrected chi connectivity index (χ3v) is 3.29. The molecule has 0 aromatic heterocycles. The second-order valence-electron chi connectivity index (χ2n) is 4.50. The van der Waals surface area contributed by atoms with E-state index < -0.39 is 0 Å². The number of aryl methyl sites for hydroxylation is 1. The van der Waals surface area contributed by atoms with Crippen LogP contribution in [0.15, 0.2) is 36.4 Å². The van der Waals surface area contributed by atoms with Crippen molar-refractivity contribution in [1.29, 1.82) is 0 Å². The molecule has 0 fully saturated rings. The highest BCUT2D eigenvalue weighted by Crippen LogP contribution is 2.20. The van der Waals surface area contributed by atoms with Crippen molar-refractivity contribution in [2.75, 3.05) is 0 Å². The lowest BCUT2D eigenvalue weighted by Crippen LogP contribution is -2.01. The van der Waals surface area contributed by atoms with E-state index in [0.717, 1.165) is 34.3 Å². The number of ether oxygens (including phenoxy) is 1. The summed E-state index contributed by atoms with van der Waals surface area (Å²) in [4.78, 5) is 11.0. The van der Waals surface area contributed by atoms with Crippen molar-refractivity contribution in [2.45, 2.75) is 20.5 Å². The molecule has 0 heterocycles. The van der Waals surface area contributed by atoms with Gasteiger partial charge in [0, 0.05) is 10.6 Å². The fourth-order valence-corrected chi connectivity index (χ4v) is 2.05. The van der Waals surface area contributed by atoms with Gasteiger partial charge in [-0.2, -0.15) is 0 Å². The number of benzene rings is 2. The lowest BCUT2D eigenvalue weighted by atomic mass is 10.0. The highest BCUT2D eigenvalue weighted by atomic mass is 35.5. The number of halogens is 1. The van der Waals surface area contributed by atoms with Crippen molar-refractivity contribution in [1.82, 2.24) is 0 Å². The Kier molecular flexibility index (Phi) is 4.23. The van der Waals surface area contributed by atoms with Crippen LogP contribution in [0.2, 0.25) is 5.02 Å². The first-order chi connectivity index (χ1) is 9.10. The molecular formula is C16H15ClO2. The average Bonchev–Trinajstić information content (AvgIpc) is 2.41. The van der Waals surface area contributed by atoms with Crippen LogP contribution in [-0.4, -0.2) is 6.29 Å². The molecular weight excluding hydrogens is 260 g/mol. The summed E-state index contributed by atoms with van der Waals surface area (Å²) in [5.41, 5.74) is 3.77.